The maximum atomic E-state index is 12.3. The van der Waals surface area contributed by atoms with Crippen molar-refractivity contribution in [1.29, 1.82) is 0 Å². The van der Waals surface area contributed by atoms with Crippen molar-refractivity contribution in [3.05, 3.63) is 0 Å². The Labute approximate surface area is 205 Å². The molecule has 0 radical (unpaired) electrons. The highest BCUT2D eigenvalue weighted by molar-refractivity contribution is 5.75. The number of piperidine rings is 3. The van der Waals surface area contributed by atoms with Crippen LogP contribution in [0.3, 0.4) is 0 Å². The van der Waals surface area contributed by atoms with Crippen LogP contribution in [-0.2, 0) is 4.79 Å². The lowest BCUT2D eigenvalue weighted by atomic mass is 9.51. The van der Waals surface area contributed by atoms with E-state index in [1.54, 1.807) is 0 Å². The summed E-state index contributed by atoms with van der Waals surface area (Å²) in [5, 5.41) is 0. The van der Waals surface area contributed by atoms with E-state index in [4.69, 9.17) is 0 Å². The summed E-state index contributed by atoms with van der Waals surface area (Å²) >= 11 is 0. The van der Waals surface area contributed by atoms with E-state index in [0.29, 0.717) is 29.3 Å². The van der Waals surface area contributed by atoms with Crippen LogP contribution in [0.2, 0.25) is 0 Å². The van der Waals surface area contributed by atoms with Gasteiger partial charge in [0.1, 0.15) is 5.78 Å². The summed E-state index contributed by atoms with van der Waals surface area (Å²) in [5.41, 5.74) is 0.362. The Hall–Kier alpha value is -0.450. The number of Topliss-reactive ketones (excluding diaryl/α,β-unsaturated/α-hetero) is 1. The van der Waals surface area contributed by atoms with Crippen LogP contribution in [0.15, 0.2) is 0 Å². The van der Waals surface area contributed by atoms with Crippen molar-refractivity contribution in [2.75, 3.05) is 39.3 Å². The maximum Gasteiger partial charge on any atom is 0.129 e. The highest BCUT2D eigenvalue weighted by Gasteiger charge is 2.51. The van der Waals surface area contributed by atoms with Crippen LogP contribution in [0.1, 0.15) is 99.8 Å². The Morgan fingerprint density at radius 2 is 0.909 bits per heavy atom. The third kappa shape index (κ3) is 6.41. The van der Waals surface area contributed by atoms with Crippen molar-refractivity contribution in [3.63, 3.8) is 0 Å². The smallest absolute Gasteiger partial charge is 0.129 e. The number of hydrogen-bond donors (Lipinski definition) is 0. The van der Waals surface area contributed by atoms with Crippen molar-refractivity contribution in [3.8, 4) is 0 Å². The van der Waals surface area contributed by atoms with Crippen molar-refractivity contribution in [1.82, 2.24) is 14.7 Å². The molecule has 0 aliphatic carbocycles. The lowest BCUT2D eigenvalue weighted by molar-refractivity contribution is -0.121. The highest BCUT2D eigenvalue weighted by Crippen LogP contribution is 2.56. The Balaban J connectivity index is 1.88. The fourth-order valence-electron chi connectivity index (χ4n) is 7.86. The zero-order chi connectivity index (χ0) is 24.2. The summed E-state index contributed by atoms with van der Waals surface area (Å²) < 4.78 is 0. The van der Waals surface area contributed by atoms with E-state index < -0.39 is 0 Å². The minimum atomic E-state index is 0.362. The molecule has 4 heteroatoms. The molecule has 0 bridgehead atoms. The average molecular weight is 462 g/mol. The first-order chi connectivity index (χ1) is 15.6. The number of rotatable bonds is 9. The Bertz CT molecular complexity index is 523. The molecule has 33 heavy (non-hydrogen) atoms. The second-order valence-electron chi connectivity index (χ2n) is 12.5. The predicted molar refractivity (Wildman–Crippen MR) is 141 cm³/mol. The zero-order valence-electron chi connectivity index (χ0n) is 23.1. The van der Waals surface area contributed by atoms with E-state index >= 15 is 0 Å². The quantitative estimate of drug-likeness (QED) is 0.440. The van der Waals surface area contributed by atoms with E-state index in [1.165, 1.54) is 77.8 Å². The lowest BCUT2D eigenvalue weighted by Gasteiger charge is -2.57. The third-order valence-electron chi connectivity index (χ3n) is 9.97. The fourth-order valence-corrected chi connectivity index (χ4v) is 7.86. The van der Waals surface area contributed by atoms with Crippen molar-refractivity contribution in [2.24, 2.45) is 23.2 Å². The minimum absolute atomic E-state index is 0.362. The van der Waals surface area contributed by atoms with Gasteiger partial charge < -0.3 is 19.5 Å². The topological polar surface area (TPSA) is 26.8 Å². The van der Waals surface area contributed by atoms with Gasteiger partial charge >= 0.3 is 0 Å². The van der Waals surface area contributed by atoms with Gasteiger partial charge in [-0.25, -0.2) is 0 Å². The second kappa shape index (κ2) is 12.0. The molecule has 0 atom stereocenters. The van der Waals surface area contributed by atoms with Gasteiger partial charge in [0.25, 0.3) is 0 Å². The number of carbonyl (C=O) groups excluding carboxylic acids is 1. The monoisotopic (exact) mass is 461 g/mol. The summed E-state index contributed by atoms with van der Waals surface area (Å²) in [5.74, 6) is 2.77. The number of carbonyl (C=O) groups is 1. The summed E-state index contributed by atoms with van der Waals surface area (Å²) in [4.78, 5) is 20.4. The Kier molecular flexibility index (Phi) is 9.86. The molecule has 0 amide bonds. The molecule has 0 N–H and O–H groups in total. The zero-order valence-corrected chi connectivity index (χ0v) is 23.1. The van der Waals surface area contributed by atoms with E-state index in [0.717, 1.165) is 30.6 Å². The van der Waals surface area contributed by atoms with E-state index in [1.807, 2.05) is 6.92 Å². The number of hydrogen-bond acceptors (Lipinski definition) is 4. The summed E-state index contributed by atoms with van der Waals surface area (Å²) in [6.07, 6.45) is 9.97. The van der Waals surface area contributed by atoms with Crippen LogP contribution in [-0.4, -0.2) is 77.9 Å². The maximum absolute atomic E-state index is 12.3. The molecule has 0 aromatic rings. The van der Waals surface area contributed by atoms with Gasteiger partial charge in [0.05, 0.1) is 0 Å². The third-order valence-corrected chi connectivity index (χ3v) is 9.97. The Morgan fingerprint density at radius 3 is 1.12 bits per heavy atom. The van der Waals surface area contributed by atoms with Crippen LogP contribution < -0.4 is 0 Å². The molecular formula is C29H55N3O. The molecule has 3 rings (SSSR count). The first kappa shape index (κ1) is 27.1. The molecule has 192 valence electrons. The molecule has 3 saturated heterocycles. The van der Waals surface area contributed by atoms with Crippen LogP contribution in [0, 0.1) is 23.2 Å². The molecule has 0 spiro atoms. The van der Waals surface area contributed by atoms with Crippen LogP contribution in [0.5, 0.6) is 0 Å². The molecule has 4 nitrogen and oxygen atoms in total. The van der Waals surface area contributed by atoms with Gasteiger partial charge in [-0.1, -0.05) is 0 Å². The van der Waals surface area contributed by atoms with Crippen molar-refractivity contribution < 1.29 is 4.79 Å². The molecule has 0 aromatic carbocycles. The molecule has 0 saturated carbocycles. The minimum Gasteiger partial charge on any atom is -0.301 e. The molecule has 3 aliphatic heterocycles. The van der Waals surface area contributed by atoms with Gasteiger partial charge in [-0.05, 0) is 156 Å². The fraction of sp³-hybridized carbons (Fsp3) is 0.966. The van der Waals surface area contributed by atoms with E-state index in [-0.39, 0.29) is 0 Å². The van der Waals surface area contributed by atoms with Gasteiger partial charge in [0, 0.05) is 24.5 Å². The lowest BCUT2D eigenvalue weighted by Crippen LogP contribution is -2.55. The van der Waals surface area contributed by atoms with Gasteiger partial charge in [-0.2, -0.15) is 0 Å². The molecule has 0 aromatic heterocycles. The van der Waals surface area contributed by atoms with Crippen LogP contribution in [0.4, 0.5) is 0 Å². The van der Waals surface area contributed by atoms with Crippen LogP contribution in [0.25, 0.3) is 0 Å². The second-order valence-corrected chi connectivity index (χ2v) is 12.5. The first-order valence-corrected chi connectivity index (χ1v) is 14.4. The van der Waals surface area contributed by atoms with Crippen molar-refractivity contribution in [2.45, 2.75) is 118 Å². The molecule has 3 aliphatic rings. The van der Waals surface area contributed by atoms with Gasteiger partial charge in [-0.15, -0.1) is 0 Å². The first-order valence-electron chi connectivity index (χ1n) is 14.4. The van der Waals surface area contributed by atoms with Gasteiger partial charge in [-0.3, -0.25) is 0 Å². The summed E-state index contributed by atoms with van der Waals surface area (Å²) in [6.45, 7) is 23.4. The number of ketones is 1. The SMILES string of the molecule is CC(=O)CCC(C1CCN(C(C)C)CC1)(C1CCN(C(C)C)CC1)C1CCN(C(C)C)CC1. The molecule has 0 unspecified atom stereocenters. The van der Waals surface area contributed by atoms with Crippen LogP contribution >= 0.6 is 0 Å². The molecule has 3 heterocycles. The number of likely N-dealkylation sites (tertiary alicyclic amines) is 3. The summed E-state index contributed by atoms with van der Waals surface area (Å²) in [7, 11) is 0. The molecular weight excluding hydrogens is 406 g/mol. The summed E-state index contributed by atoms with van der Waals surface area (Å²) in [6, 6.07) is 1.96. The highest BCUT2D eigenvalue weighted by atomic mass is 16.1. The molecule has 3 fully saturated rings. The van der Waals surface area contributed by atoms with Crippen molar-refractivity contribution >= 4 is 5.78 Å². The van der Waals surface area contributed by atoms with E-state index in [9.17, 15) is 4.79 Å². The van der Waals surface area contributed by atoms with E-state index in [2.05, 4.69) is 56.2 Å². The van der Waals surface area contributed by atoms with Gasteiger partial charge in [0.2, 0.25) is 0 Å². The predicted octanol–water partition coefficient (Wildman–Crippen LogP) is 5.70. The largest absolute Gasteiger partial charge is 0.301 e. The van der Waals surface area contributed by atoms with Gasteiger partial charge in [0.15, 0.2) is 0 Å². The normalized spacial score (nSPS) is 24.4. The Morgan fingerprint density at radius 1 is 0.636 bits per heavy atom. The average Bonchev–Trinajstić information content (AvgIpc) is 2.80. The number of nitrogens with zero attached hydrogens (tertiary/aromatic N) is 3. The standard InChI is InChI=1S/C29H55N3O/c1-22(2)30-16-9-26(10-17-30)29(15-8-25(7)33,27-11-18-31(19-12-27)23(3)4)28-13-20-32(21-14-28)24(5)6/h22-24,26-28H,8-21H2,1-7H3.